The number of aromatic carboxylic acids is 1. The van der Waals surface area contributed by atoms with Gasteiger partial charge < -0.3 is 16.2 Å². The number of carboxylic acids is 1. The van der Waals surface area contributed by atoms with Gasteiger partial charge in [0, 0.05) is 11.4 Å². The molecular formula is C13H11ClN2O2. The minimum atomic E-state index is -1.08. The molecule has 2 aromatic rings. The zero-order valence-corrected chi connectivity index (χ0v) is 10.1. The first-order valence-electron chi connectivity index (χ1n) is 5.22. The number of anilines is 3. The van der Waals surface area contributed by atoms with E-state index in [1.807, 2.05) is 30.3 Å². The summed E-state index contributed by atoms with van der Waals surface area (Å²) in [5.74, 6) is -1.08. The van der Waals surface area contributed by atoms with Crippen LogP contribution in [-0.2, 0) is 0 Å². The first-order chi connectivity index (χ1) is 8.58. The van der Waals surface area contributed by atoms with Crippen molar-refractivity contribution >= 4 is 34.6 Å². The standard InChI is InChI=1S/C13H11ClN2O2/c14-11-7-8(15)6-10(13(17)18)12(11)16-9-4-2-1-3-5-9/h1-7,16H,15H2,(H,17,18). The molecule has 0 aliphatic carbocycles. The largest absolute Gasteiger partial charge is 0.478 e. The highest BCUT2D eigenvalue weighted by molar-refractivity contribution is 6.34. The van der Waals surface area contributed by atoms with Gasteiger partial charge in [-0.15, -0.1) is 0 Å². The lowest BCUT2D eigenvalue weighted by Gasteiger charge is -2.12. The van der Waals surface area contributed by atoms with E-state index >= 15 is 0 Å². The molecule has 0 fully saturated rings. The average Bonchev–Trinajstić information content (AvgIpc) is 2.33. The van der Waals surface area contributed by atoms with Gasteiger partial charge in [0.1, 0.15) is 0 Å². The van der Waals surface area contributed by atoms with Crippen molar-refractivity contribution in [1.29, 1.82) is 0 Å². The van der Waals surface area contributed by atoms with E-state index in [0.717, 1.165) is 5.69 Å². The van der Waals surface area contributed by atoms with Crippen molar-refractivity contribution in [3.63, 3.8) is 0 Å². The van der Waals surface area contributed by atoms with E-state index in [4.69, 9.17) is 22.4 Å². The molecule has 0 spiro atoms. The summed E-state index contributed by atoms with van der Waals surface area (Å²) in [6, 6.07) is 12.1. The van der Waals surface area contributed by atoms with Gasteiger partial charge in [0.2, 0.25) is 0 Å². The zero-order valence-electron chi connectivity index (χ0n) is 9.35. The van der Waals surface area contributed by atoms with Gasteiger partial charge in [0.25, 0.3) is 0 Å². The molecule has 4 nitrogen and oxygen atoms in total. The van der Waals surface area contributed by atoms with Crippen molar-refractivity contribution in [2.75, 3.05) is 11.1 Å². The Balaban J connectivity index is 2.47. The second-order valence-corrected chi connectivity index (χ2v) is 4.13. The Morgan fingerprint density at radius 1 is 1.22 bits per heavy atom. The fraction of sp³-hybridized carbons (Fsp3) is 0. The molecule has 2 aromatic carbocycles. The van der Waals surface area contributed by atoms with E-state index < -0.39 is 5.97 Å². The van der Waals surface area contributed by atoms with Crippen molar-refractivity contribution in [1.82, 2.24) is 0 Å². The number of para-hydroxylation sites is 1. The van der Waals surface area contributed by atoms with E-state index in [2.05, 4.69) is 5.32 Å². The summed E-state index contributed by atoms with van der Waals surface area (Å²) in [6.07, 6.45) is 0. The summed E-state index contributed by atoms with van der Waals surface area (Å²) >= 11 is 6.02. The summed E-state index contributed by atoms with van der Waals surface area (Å²) in [5, 5.41) is 12.4. The number of carboxylic acid groups (broad SMARTS) is 1. The predicted molar refractivity (Wildman–Crippen MR) is 72.5 cm³/mol. The van der Waals surface area contributed by atoms with Gasteiger partial charge in [-0.2, -0.15) is 0 Å². The lowest BCUT2D eigenvalue weighted by atomic mass is 10.1. The molecule has 0 unspecified atom stereocenters. The minimum absolute atomic E-state index is 0.0452. The molecule has 0 bridgehead atoms. The van der Waals surface area contributed by atoms with E-state index in [0.29, 0.717) is 11.4 Å². The minimum Gasteiger partial charge on any atom is -0.478 e. The molecule has 0 amide bonds. The quantitative estimate of drug-likeness (QED) is 0.742. The number of benzene rings is 2. The fourth-order valence-corrected chi connectivity index (χ4v) is 1.86. The number of nitrogen functional groups attached to an aromatic ring is 1. The highest BCUT2D eigenvalue weighted by Crippen LogP contribution is 2.31. The molecule has 0 atom stereocenters. The van der Waals surface area contributed by atoms with Crippen molar-refractivity contribution in [2.24, 2.45) is 0 Å². The molecule has 0 aromatic heterocycles. The van der Waals surface area contributed by atoms with Gasteiger partial charge in [0.15, 0.2) is 0 Å². The van der Waals surface area contributed by atoms with Crippen LogP contribution in [-0.4, -0.2) is 11.1 Å². The number of halogens is 1. The lowest BCUT2D eigenvalue weighted by molar-refractivity contribution is 0.0698. The third kappa shape index (κ3) is 2.55. The molecular weight excluding hydrogens is 252 g/mol. The fourth-order valence-electron chi connectivity index (χ4n) is 1.59. The van der Waals surface area contributed by atoms with Crippen molar-refractivity contribution in [2.45, 2.75) is 0 Å². The Morgan fingerprint density at radius 2 is 1.89 bits per heavy atom. The number of hydrogen-bond donors (Lipinski definition) is 3. The Bertz CT molecular complexity index is 585. The van der Waals surface area contributed by atoms with Gasteiger partial charge in [0.05, 0.1) is 16.3 Å². The maximum atomic E-state index is 11.2. The molecule has 0 saturated heterocycles. The molecule has 2 rings (SSSR count). The van der Waals surface area contributed by atoms with Gasteiger partial charge in [-0.3, -0.25) is 0 Å². The van der Waals surface area contributed by atoms with Crippen molar-refractivity contribution in [3.05, 3.63) is 53.1 Å². The highest BCUT2D eigenvalue weighted by Gasteiger charge is 2.14. The van der Waals surface area contributed by atoms with Crippen molar-refractivity contribution < 1.29 is 9.90 Å². The van der Waals surface area contributed by atoms with Crippen molar-refractivity contribution in [3.8, 4) is 0 Å². The third-order valence-corrected chi connectivity index (χ3v) is 2.68. The van der Waals surface area contributed by atoms with Gasteiger partial charge >= 0.3 is 5.97 Å². The second-order valence-electron chi connectivity index (χ2n) is 3.72. The average molecular weight is 263 g/mol. The predicted octanol–water partition coefficient (Wildman–Crippen LogP) is 3.36. The molecule has 5 heteroatoms. The van der Waals surface area contributed by atoms with E-state index in [-0.39, 0.29) is 10.6 Å². The molecule has 0 aliphatic rings. The Morgan fingerprint density at radius 3 is 2.50 bits per heavy atom. The van der Waals surface area contributed by atoms with Gasteiger partial charge in [-0.25, -0.2) is 4.79 Å². The van der Waals surface area contributed by atoms with Crippen LogP contribution in [0.25, 0.3) is 0 Å². The topological polar surface area (TPSA) is 75.3 Å². The van der Waals surface area contributed by atoms with Crippen LogP contribution in [0.15, 0.2) is 42.5 Å². The van der Waals surface area contributed by atoms with E-state index in [9.17, 15) is 4.79 Å². The smallest absolute Gasteiger partial charge is 0.337 e. The lowest BCUT2D eigenvalue weighted by Crippen LogP contribution is -2.04. The summed E-state index contributed by atoms with van der Waals surface area (Å²) in [5.41, 5.74) is 7.04. The van der Waals surface area contributed by atoms with Crippen LogP contribution in [0.5, 0.6) is 0 Å². The molecule has 18 heavy (non-hydrogen) atoms. The maximum Gasteiger partial charge on any atom is 0.337 e. The Kier molecular flexibility index (Phi) is 3.39. The van der Waals surface area contributed by atoms with Gasteiger partial charge in [-0.05, 0) is 24.3 Å². The molecule has 0 heterocycles. The summed E-state index contributed by atoms with van der Waals surface area (Å²) < 4.78 is 0. The normalized spacial score (nSPS) is 10.1. The highest BCUT2D eigenvalue weighted by atomic mass is 35.5. The number of rotatable bonds is 3. The Labute approximate surface area is 109 Å². The third-order valence-electron chi connectivity index (χ3n) is 2.39. The van der Waals surface area contributed by atoms with E-state index in [1.54, 1.807) is 0 Å². The molecule has 0 saturated carbocycles. The van der Waals surface area contributed by atoms with Crippen LogP contribution in [0.4, 0.5) is 17.1 Å². The molecule has 4 N–H and O–H groups in total. The number of nitrogens with two attached hydrogens (primary N) is 1. The molecule has 0 aliphatic heterocycles. The summed E-state index contributed by atoms with van der Waals surface area (Å²) in [7, 11) is 0. The summed E-state index contributed by atoms with van der Waals surface area (Å²) in [6.45, 7) is 0. The number of nitrogens with one attached hydrogen (secondary N) is 1. The van der Waals surface area contributed by atoms with Gasteiger partial charge in [-0.1, -0.05) is 29.8 Å². The molecule has 92 valence electrons. The van der Waals surface area contributed by atoms with Crippen LogP contribution < -0.4 is 11.1 Å². The van der Waals surface area contributed by atoms with Crippen LogP contribution in [0.2, 0.25) is 5.02 Å². The number of carbonyl (C=O) groups is 1. The zero-order chi connectivity index (χ0) is 13.1. The molecule has 0 radical (unpaired) electrons. The monoisotopic (exact) mass is 262 g/mol. The van der Waals surface area contributed by atoms with Crippen LogP contribution in [0, 0.1) is 0 Å². The first kappa shape index (κ1) is 12.3. The maximum absolute atomic E-state index is 11.2. The first-order valence-corrected chi connectivity index (χ1v) is 5.60. The number of hydrogen-bond acceptors (Lipinski definition) is 3. The van der Waals surface area contributed by atoms with E-state index in [1.165, 1.54) is 12.1 Å². The second kappa shape index (κ2) is 4.98. The van der Waals surface area contributed by atoms with Crippen LogP contribution in [0.1, 0.15) is 10.4 Å². The van der Waals surface area contributed by atoms with Crippen LogP contribution >= 0.6 is 11.6 Å². The summed E-state index contributed by atoms with van der Waals surface area (Å²) in [4.78, 5) is 11.2. The van der Waals surface area contributed by atoms with Crippen LogP contribution in [0.3, 0.4) is 0 Å². The Hall–Kier alpha value is -2.20. The SMILES string of the molecule is Nc1cc(Cl)c(Nc2ccccc2)c(C(=O)O)c1.